The van der Waals surface area contributed by atoms with Crippen LogP contribution in [-0.4, -0.2) is 34.6 Å². The van der Waals surface area contributed by atoms with Gasteiger partial charge in [-0.3, -0.25) is 0 Å². The van der Waals surface area contributed by atoms with Crippen LogP contribution < -0.4 is 16.4 Å². The molecule has 0 unspecified atom stereocenters. The van der Waals surface area contributed by atoms with Gasteiger partial charge in [-0.15, -0.1) is 0 Å². The van der Waals surface area contributed by atoms with Crippen molar-refractivity contribution < 1.29 is 0 Å². The SMILES string of the molecule is CC.CCCCCCCCCNc1nc(Cl)nc(NCCN)n1. The lowest BCUT2D eigenvalue weighted by Gasteiger charge is -2.07. The van der Waals surface area contributed by atoms with Gasteiger partial charge in [-0.1, -0.05) is 59.3 Å². The number of aromatic nitrogens is 3. The van der Waals surface area contributed by atoms with E-state index in [1.807, 2.05) is 13.8 Å². The number of unbranched alkanes of at least 4 members (excludes halogenated alkanes) is 6. The summed E-state index contributed by atoms with van der Waals surface area (Å²) in [5, 5.41) is 6.37. The summed E-state index contributed by atoms with van der Waals surface area (Å²) in [6.07, 6.45) is 8.96. The maximum absolute atomic E-state index is 5.87. The van der Waals surface area contributed by atoms with Crippen molar-refractivity contribution >= 4 is 23.5 Å². The summed E-state index contributed by atoms with van der Waals surface area (Å²) < 4.78 is 0. The lowest BCUT2D eigenvalue weighted by atomic mass is 10.1. The second-order valence-corrected chi connectivity index (χ2v) is 5.35. The highest BCUT2D eigenvalue weighted by atomic mass is 35.5. The molecule has 1 rings (SSSR count). The van der Waals surface area contributed by atoms with Crippen molar-refractivity contribution in [2.45, 2.75) is 65.7 Å². The molecule has 134 valence electrons. The zero-order valence-electron chi connectivity index (χ0n) is 14.9. The van der Waals surface area contributed by atoms with Crippen LogP contribution in [-0.2, 0) is 0 Å². The average Bonchev–Trinajstić information content (AvgIpc) is 2.57. The minimum absolute atomic E-state index is 0.187. The molecule has 0 aliphatic rings. The zero-order chi connectivity index (χ0) is 17.3. The van der Waals surface area contributed by atoms with Gasteiger partial charge in [-0.2, -0.15) is 15.0 Å². The van der Waals surface area contributed by atoms with E-state index in [1.54, 1.807) is 0 Å². The van der Waals surface area contributed by atoms with Gasteiger partial charge in [0.25, 0.3) is 0 Å². The van der Waals surface area contributed by atoms with Gasteiger partial charge < -0.3 is 16.4 Å². The fourth-order valence-electron chi connectivity index (χ4n) is 1.97. The normalized spacial score (nSPS) is 9.96. The van der Waals surface area contributed by atoms with E-state index in [9.17, 15) is 0 Å². The first-order valence-corrected chi connectivity index (χ1v) is 9.23. The predicted molar refractivity (Wildman–Crippen MR) is 100 cm³/mol. The number of halogens is 1. The summed E-state index contributed by atoms with van der Waals surface area (Å²) in [7, 11) is 0. The molecule has 0 aliphatic heterocycles. The lowest BCUT2D eigenvalue weighted by molar-refractivity contribution is 0.596. The molecule has 0 bridgehead atoms. The summed E-state index contributed by atoms with van der Waals surface area (Å²) in [4.78, 5) is 12.3. The van der Waals surface area contributed by atoms with Gasteiger partial charge in [0.05, 0.1) is 0 Å². The molecule has 0 saturated carbocycles. The van der Waals surface area contributed by atoms with Gasteiger partial charge in [-0.25, -0.2) is 0 Å². The third kappa shape index (κ3) is 12.0. The first-order chi connectivity index (χ1) is 11.3. The van der Waals surface area contributed by atoms with E-state index in [-0.39, 0.29) is 5.28 Å². The molecule has 6 nitrogen and oxygen atoms in total. The summed E-state index contributed by atoms with van der Waals surface area (Å²) in [5.74, 6) is 0.975. The van der Waals surface area contributed by atoms with Gasteiger partial charge in [0, 0.05) is 19.6 Å². The minimum atomic E-state index is 0.187. The predicted octanol–water partition coefficient (Wildman–Crippen LogP) is 4.08. The van der Waals surface area contributed by atoms with Gasteiger partial charge in [-0.05, 0) is 18.0 Å². The molecular formula is C16H33ClN6. The second kappa shape index (κ2) is 15.7. The quantitative estimate of drug-likeness (QED) is 0.495. The fourth-order valence-corrected chi connectivity index (χ4v) is 2.13. The van der Waals surface area contributed by atoms with Crippen LogP contribution in [0.2, 0.25) is 5.28 Å². The third-order valence-electron chi connectivity index (χ3n) is 3.10. The summed E-state index contributed by atoms with van der Waals surface area (Å²) in [6.45, 7) is 8.21. The topological polar surface area (TPSA) is 88.8 Å². The van der Waals surface area contributed by atoms with Crippen molar-refractivity contribution in [3.63, 3.8) is 0 Å². The van der Waals surface area contributed by atoms with Gasteiger partial charge >= 0.3 is 0 Å². The molecule has 0 amide bonds. The Balaban J connectivity index is 0.00000232. The molecule has 0 saturated heterocycles. The molecule has 0 fully saturated rings. The summed E-state index contributed by atoms with van der Waals surface area (Å²) >= 11 is 5.87. The number of hydrogen-bond donors (Lipinski definition) is 3. The Morgan fingerprint density at radius 3 is 1.91 bits per heavy atom. The van der Waals surface area contributed by atoms with E-state index in [1.165, 1.54) is 38.5 Å². The molecule has 23 heavy (non-hydrogen) atoms. The number of anilines is 2. The van der Waals surface area contributed by atoms with Crippen molar-refractivity contribution in [2.24, 2.45) is 5.73 Å². The lowest BCUT2D eigenvalue weighted by Crippen LogP contribution is -2.16. The smallest absolute Gasteiger partial charge is 0.228 e. The number of rotatable bonds is 12. The average molecular weight is 345 g/mol. The van der Waals surface area contributed by atoms with Crippen LogP contribution in [0.1, 0.15) is 65.7 Å². The van der Waals surface area contributed by atoms with Crippen LogP contribution in [0.15, 0.2) is 0 Å². The monoisotopic (exact) mass is 344 g/mol. The highest BCUT2D eigenvalue weighted by Crippen LogP contribution is 2.10. The molecule has 0 aliphatic carbocycles. The molecule has 0 aromatic carbocycles. The van der Waals surface area contributed by atoms with Crippen LogP contribution >= 0.6 is 11.6 Å². The van der Waals surface area contributed by atoms with E-state index in [0.717, 1.165) is 13.0 Å². The van der Waals surface area contributed by atoms with Crippen molar-refractivity contribution in [3.8, 4) is 0 Å². The van der Waals surface area contributed by atoms with E-state index in [4.69, 9.17) is 17.3 Å². The Hall–Kier alpha value is -1.14. The Morgan fingerprint density at radius 2 is 1.35 bits per heavy atom. The number of nitrogens with one attached hydrogen (secondary N) is 2. The Morgan fingerprint density at radius 1 is 0.826 bits per heavy atom. The second-order valence-electron chi connectivity index (χ2n) is 5.02. The Bertz CT molecular complexity index is 389. The fraction of sp³-hybridized carbons (Fsp3) is 0.812. The van der Waals surface area contributed by atoms with E-state index < -0.39 is 0 Å². The van der Waals surface area contributed by atoms with Crippen LogP contribution in [0.3, 0.4) is 0 Å². The molecule has 0 radical (unpaired) electrons. The van der Waals surface area contributed by atoms with Gasteiger partial charge in [0.15, 0.2) is 0 Å². The Labute approximate surface area is 146 Å². The zero-order valence-corrected chi connectivity index (χ0v) is 15.6. The molecule has 7 heteroatoms. The highest BCUT2D eigenvalue weighted by molar-refractivity contribution is 6.28. The first kappa shape index (κ1) is 21.9. The Kier molecular flexibility index (Phi) is 15.0. The molecular weight excluding hydrogens is 312 g/mol. The molecule has 0 atom stereocenters. The maximum Gasteiger partial charge on any atom is 0.228 e. The number of nitrogens with two attached hydrogens (primary N) is 1. The van der Waals surface area contributed by atoms with Crippen LogP contribution in [0.5, 0.6) is 0 Å². The highest BCUT2D eigenvalue weighted by Gasteiger charge is 2.03. The number of hydrogen-bond acceptors (Lipinski definition) is 6. The molecule has 0 spiro atoms. The molecule has 1 aromatic rings. The first-order valence-electron chi connectivity index (χ1n) is 8.85. The van der Waals surface area contributed by atoms with Gasteiger partial charge in [0.1, 0.15) is 0 Å². The maximum atomic E-state index is 5.87. The summed E-state index contributed by atoms with van der Waals surface area (Å²) in [6, 6.07) is 0. The number of nitrogens with zero attached hydrogens (tertiary/aromatic N) is 3. The largest absolute Gasteiger partial charge is 0.354 e. The van der Waals surface area contributed by atoms with Crippen LogP contribution in [0.4, 0.5) is 11.9 Å². The van der Waals surface area contributed by atoms with Crippen LogP contribution in [0, 0.1) is 0 Å². The van der Waals surface area contributed by atoms with Crippen LogP contribution in [0.25, 0.3) is 0 Å². The van der Waals surface area contributed by atoms with Crippen molar-refractivity contribution in [1.82, 2.24) is 15.0 Å². The molecule has 1 heterocycles. The van der Waals surface area contributed by atoms with E-state index in [0.29, 0.717) is 25.0 Å². The molecule has 1 aromatic heterocycles. The van der Waals surface area contributed by atoms with Crippen molar-refractivity contribution in [2.75, 3.05) is 30.3 Å². The van der Waals surface area contributed by atoms with E-state index in [2.05, 4.69) is 32.5 Å². The summed E-state index contributed by atoms with van der Waals surface area (Å²) in [5.41, 5.74) is 5.43. The van der Waals surface area contributed by atoms with Crippen molar-refractivity contribution in [1.29, 1.82) is 0 Å². The standard InChI is InChI=1S/C14H27ClN6.C2H6/c1-2-3-4-5-6-7-8-10-17-13-19-12(15)20-14(21-13)18-11-9-16;1-2/h2-11,16H2,1H3,(H2,17,18,19,20,21);1-2H3. The van der Waals surface area contributed by atoms with Gasteiger partial charge in [0.2, 0.25) is 17.2 Å². The molecule has 4 N–H and O–H groups in total. The third-order valence-corrected chi connectivity index (χ3v) is 3.27. The van der Waals surface area contributed by atoms with Crippen molar-refractivity contribution in [3.05, 3.63) is 5.28 Å². The van der Waals surface area contributed by atoms with E-state index >= 15 is 0 Å². The minimum Gasteiger partial charge on any atom is -0.354 e.